The number of allylic oxidation sites excluding steroid dienone is 6. The Morgan fingerprint density at radius 1 is 0.453 bits per heavy atom. The molecule has 0 aromatic heterocycles. The van der Waals surface area contributed by atoms with Crippen LogP contribution in [0.15, 0.2) is 36.5 Å². The van der Waals surface area contributed by atoms with Crippen LogP contribution >= 0.6 is 0 Å². The first-order valence-electron chi connectivity index (χ1n) is 28.2. The highest BCUT2D eigenvalue weighted by Crippen LogP contribution is 2.18. The van der Waals surface area contributed by atoms with Gasteiger partial charge in [-0.1, -0.05) is 243 Å². The van der Waals surface area contributed by atoms with Crippen LogP contribution in [0.25, 0.3) is 0 Å². The minimum atomic E-state index is -0.793. The highest BCUT2D eigenvalue weighted by Gasteiger charge is 2.24. The predicted molar refractivity (Wildman–Crippen MR) is 278 cm³/mol. The number of hydrogen-bond acceptors (Lipinski definition) is 5. The number of esters is 1. The molecular weight excluding hydrogens is 791 g/mol. The summed E-state index contributed by atoms with van der Waals surface area (Å²) in [4.78, 5) is 26.2. The molecule has 1 amide bonds. The molecule has 64 heavy (non-hydrogen) atoms. The number of aliphatic hydroxyl groups is 2. The highest BCUT2D eigenvalue weighted by molar-refractivity contribution is 5.77. The normalized spacial score (nSPS) is 13.4. The van der Waals surface area contributed by atoms with Gasteiger partial charge >= 0.3 is 5.97 Å². The molecule has 0 bridgehead atoms. The number of aliphatic hydroxyl groups excluding tert-OH is 2. The van der Waals surface area contributed by atoms with Gasteiger partial charge in [0.1, 0.15) is 6.10 Å². The summed E-state index contributed by atoms with van der Waals surface area (Å²) in [5.41, 5.74) is 0. The van der Waals surface area contributed by atoms with Crippen molar-refractivity contribution in [2.24, 2.45) is 0 Å². The molecule has 3 unspecified atom stereocenters. The van der Waals surface area contributed by atoms with Gasteiger partial charge in [-0.3, -0.25) is 9.59 Å². The van der Waals surface area contributed by atoms with Gasteiger partial charge in [0.05, 0.1) is 25.2 Å². The smallest absolute Gasteiger partial charge is 0.306 e. The van der Waals surface area contributed by atoms with E-state index >= 15 is 0 Å². The molecule has 6 heteroatoms. The number of carbonyl (C=O) groups is 2. The number of nitrogens with one attached hydrogen (secondary N) is 1. The summed E-state index contributed by atoms with van der Waals surface area (Å²) < 4.78 is 5.93. The van der Waals surface area contributed by atoms with Crippen molar-refractivity contribution in [3.05, 3.63) is 36.5 Å². The van der Waals surface area contributed by atoms with Crippen LogP contribution < -0.4 is 5.32 Å². The third-order valence-electron chi connectivity index (χ3n) is 12.9. The summed E-state index contributed by atoms with van der Waals surface area (Å²) in [7, 11) is 0. The molecule has 0 rings (SSSR count). The second kappa shape index (κ2) is 52.1. The van der Waals surface area contributed by atoms with Crippen LogP contribution in [-0.4, -0.2) is 46.9 Å². The van der Waals surface area contributed by atoms with Crippen molar-refractivity contribution >= 4 is 11.9 Å². The third kappa shape index (κ3) is 46.6. The van der Waals surface area contributed by atoms with Crippen molar-refractivity contribution in [3.8, 4) is 0 Å². The van der Waals surface area contributed by atoms with Crippen LogP contribution in [-0.2, 0) is 14.3 Å². The molecule has 0 radical (unpaired) electrons. The first-order chi connectivity index (χ1) is 31.5. The molecule has 0 saturated heterocycles. The maximum atomic E-state index is 13.2. The van der Waals surface area contributed by atoms with Gasteiger partial charge in [-0.05, 0) is 77.0 Å². The third-order valence-corrected chi connectivity index (χ3v) is 12.9. The van der Waals surface area contributed by atoms with Crippen LogP contribution in [0.5, 0.6) is 0 Å². The van der Waals surface area contributed by atoms with Crippen LogP contribution in [0.4, 0.5) is 0 Å². The van der Waals surface area contributed by atoms with Gasteiger partial charge in [0.2, 0.25) is 5.91 Å². The minimum absolute atomic E-state index is 0.0578. The first kappa shape index (κ1) is 62.1. The molecule has 0 aromatic rings. The van der Waals surface area contributed by atoms with E-state index in [0.29, 0.717) is 19.3 Å². The van der Waals surface area contributed by atoms with E-state index in [-0.39, 0.29) is 24.9 Å². The Morgan fingerprint density at radius 2 is 0.812 bits per heavy atom. The summed E-state index contributed by atoms with van der Waals surface area (Å²) in [6, 6.07) is -0.708. The summed E-state index contributed by atoms with van der Waals surface area (Å²) in [5, 5.41) is 23.8. The number of amides is 1. The van der Waals surface area contributed by atoms with Crippen molar-refractivity contribution in [1.82, 2.24) is 5.32 Å². The molecule has 0 aliphatic rings. The molecule has 376 valence electrons. The number of rotatable bonds is 51. The second-order valence-electron chi connectivity index (χ2n) is 19.3. The molecule has 0 heterocycles. The van der Waals surface area contributed by atoms with Crippen molar-refractivity contribution in [2.75, 3.05) is 6.61 Å². The van der Waals surface area contributed by atoms with Crippen LogP contribution in [0.2, 0.25) is 0 Å². The maximum absolute atomic E-state index is 13.2. The molecule has 0 fully saturated rings. The molecule has 0 saturated carbocycles. The SMILES string of the molecule is CCCCC/C=C\C/C=C\CCCCCCCCCCCC(=O)OC(CCC/C=C\CCCCCCCC)CC(=O)NC(CO)C(O)CCCCCCCCCCCCCCCCC. The van der Waals surface area contributed by atoms with Crippen molar-refractivity contribution < 1.29 is 24.5 Å². The predicted octanol–water partition coefficient (Wildman–Crippen LogP) is 17.2. The Kier molecular flexibility index (Phi) is 50.5. The van der Waals surface area contributed by atoms with Gasteiger partial charge in [-0.15, -0.1) is 0 Å². The van der Waals surface area contributed by atoms with Crippen molar-refractivity contribution in [2.45, 2.75) is 315 Å². The molecule has 3 atom stereocenters. The Bertz CT molecular complexity index is 1060. The first-order valence-corrected chi connectivity index (χ1v) is 28.2. The van der Waals surface area contributed by atoms with E-state index in [1.807, 2.05) is 0 Å². The Hall–Kier alpha value is -1.92. The van der Waals surface area contributed by atoms with Crippen LogP contribution in [0.3, 0.4) is 0 Å². The lowest BCUT2D eigenvalue weighted by Crippen LogP contribution is -2.46. The summed E-state index contributed by atoms with van der Waals surface area (Å²) in [5.74, 6) is -0.497. The van der Waals surface area contributed by atoms with Gasteiger partial charge in [-0.2, -0.15) is 0 Å². The number of hydrogen-bond donors (Lipinski definition) is 3. The fourth-order valence-electron chi connectivity index (χ4n) is 8.64. The lowest BCUT2D eigenvalue weighted by Gasteiger charge is -2.24. The fraction of sp³-hybridized carbons (Fsp3) is 0.862. The van der Waals surface area contributed by atoms with E-state index in [1.54, 1.807) is 0 Å². The molecule has 0 aliphatic carbocycles. The second-order valence-corrected chi connectivity index (χ2v) is 19.3. The summed E-state index contributed by atoms with van der Waals surface area (Å²) >= 11 is 0. The molecule has 6 nitrogen and oxygen atoms in total. The quantitative estimate of drug-likeness (QED) is 0.0321. The van der Waals surface area contributed by atoms with E-state index in [4.69, 9.17) is 4.74 Å². The lowest BCUT2D eigenvalue weighted by atomic mass is 10.0. The molecule has 0 aliphatic heterocycles. The summed E-state index contributed by atoms with van der Waals surface area (Å²) in [6.45, 7) is 6.47. The van der Waals surface area contributed by atoms with E-state index in [2.05, 4.69) is 62.5 Å². The standard InChI is InChI=1S/C58H109NO5/c1-4-7-10-13-16-19-22-24-26-27-28-29-31-33-36-39-42-45-48-51-58(63)64-54(49-46-43-40-37-34-21-18-15-12-9-6-3)52-57(62)59-55(53-60)56(61)50-47-44-41-38-35-32-30-25-23-20-17-14-11-8-5-2/h16,19,24,26,37,40,54-56,60-61H,4-15,17-18,20-23,25,27-36,38-39,41-53H2,1-3H3,(H,59,62)/b19-16-,26-24-,40-37-. The minimum Gasteiger partial charge on any atom is -0.462 e. The van der Waals surface area contributed by atoms with E-state index in [1.165, 1.54) is 186 Å². The number of carbonyl (C=O) groups excluding carboxylic acids is 2. The number of unbranched alkanes of at least 4 members (excludes halogenated alkanes) is 33. The van der Waals surface area contributed by atoms with Gasteiger partial charge in [0.15, 0.2) is 0 Å². The zero-order valence-electron chi connectivity index (χ0n) is 42.9. The van der Waals surface area contributed by atoms with Gasteiger partial charge in [0.25, 0.3) is 0 Å². The van der Waals surface area contributed by atoms with E-state index in [9.17, 15) is 19.8 Å². The van der Waals surface area contributed by atoms with Gasteiger partial charge in [-0.25, -0.2) is 0 Å². The van der Waals surface area contributed by atoms with Gasteiger partial charge < -0.3 is 20.3 Å². The molecule has 3 N–H and O–H groups in total. The molecular formula is C58H109NO5. The Labute approximate surface area is 398 Å². The largest absolute Gasteiger partial charge is 0.462 e. The zero-order valence-corrected chi connectivity index (χ0v) is 42.9. The highest BCUT2D eigenvalue weighted by atomic mass is 16.5. The molecule has 0 spiro atoms. The topological polar surface area (TPSA) is 95.9 Å². The zero-order chi connectivity index (χ0) is 46.7. The average molecular weight is 901 g/mol. The van der Waals surface area contributed by atoms with Gasteiger partial charge in [0, 0.05) is 6.42 Å². The maximum Gasteiger partial charge on any atom is 0.306 e. The fourth-order valence-corrected chi connectivity index (χ4v) is 8.64. The van der Waals surface area contributed by atoms with E-state index in [0.717, 1.165) is 64.2 Å². The lowest BCUT2D eigenvalue weighted by molar-refractivity contribution is -0.151. The summed E-state index contributed by atoms with van der Waals surface area (Å²) in [6.07, 6.45) is 62.1. The average Bonchev–Trinajstić information content (AvgIpc) is 3.29. The van der Waals surface area contributed by atoms with E-state index < -0.39 is 18.2 Å². The Balaban J connectivity index is 4.47. The monoisotopic (exact) mass is 900 g/mol. The van der Waals surface area contributed by atoms with Crippen LogP contribution in [0.1, 0.15) is 297 Å². The van der Waals surface area contributed by atoms with Crippen LogP contribution in [0, 0.1) is 0 Å². The number of ether oxygens (including phenoxy) is 1. The Morgan fingerprint density at radius 3 is 1.27 bits per heavy atom. The van der Waals surface area contributed by atoms with Crippen molar-refractivity contribution in [3.63, 3.8) is 0 Å². The molecule has 0 aromatic carbocycles. The van der Waals surface area contributed by atoms with Crippen molar-refractivity contribution in [1.29, 1.82) is 0 Å².